The second kappa shape index (κ2) is 3.60. The number of halogens is 2. The maximum Gasteiger partial charge on any atom is 0.284 e. The molecule has 14 heavy (non-hydrogen) atoms. The average molecular weight is 337 g/mol. The van der Waals surface area contributed by atoms with Crippen molar-refractivity contribution in [3.8, 4) is 0 Å². The van der Waals surface area contributed by atoms with Gasteiger partial charge in [0.2, 0.25) is 0 Å². The van der Waals surface area contributed by atoms with Crippen molar-refractivity contribution >= 4 is 59.0 Å². The van der Waals surface area contributed by atoms with E-state index in [4.69, 9.17) is 0 Å². The van der Waals surface area contributed by atoms with Crippen LogP contribution in [0.1, 0.15) is 0 Å². The van der Waals surface area contributed by atoms with E-state index in [-0.39, 0.29) is 5.69 Å². The predicted molar refractivity (Wildman–Crippen MR) is 63.9 cm³/mol. The van der Waals surface area contributed by atoms with E-state index in [1.54, 1.807) is 17.4 Å². The summed E-state index contributed by atoms with van der Waals surface area (Å²) in [7, 11) is 0. The first-order chi connectivity index (χ1) is 6.59. The Morgan fingerprint density at radius 2 is 2.07 bits per heavy atom. The molecule has 0 amide bonds. The van der Waals surface area contributed by atoms with Gasteiger partial charge >= 0.3 is 0 Å². The molecule has 0 saturated carbocycles. The molecule has 0 fully saturated rings. The van der Waals surface area contributed by atoms with Crippen LogP contribution >= 0.6 is 43.2 Å². The Morgan fingerprint density at radius 3 is 2.71 bits per heavy atom. The van der Waals surface area contributed by atoms with Gasteiger partial charge < -0.3 is 0 Å². The summed E-state index contributed by atoms with van der Waals surface area (Å²) < 4.78 is 2.53. The molecule has 0 atom stereocenters. The van der Waals surface area contributed by atoms with Gasteiger partial charge in [-0.25, -0.2) is 0 Å². The Morgan fingerprint density at radius 1 is 1.36 bits per heavy atom. The van der Waals surface area contributed by atoms with E-state index < -0.39 is 4.92 Å². The highest BCUT2D eigenvalue weighted by atomic mass is 79.9. The molecule has 1 aromatic heterocycles. The van der Waals surface area contributed by atoms with Crippen LogP contribution in [-0.2, 0) is 0 Å². The minimum Gasteiger partial charge on any atom is -0.258 e. The minimum absolute atomic E-state index is 0.0998. The molecule has 2 aromatic rings. The van der Waals surface area contributed by atoms with Crippen LogP contribution in [0.15, 0.2) is 26.5 Å². The number of nitro benzene ring substituents is 1. The molecule has 0 aliphatic rings. The highest BCUT2D eigenvalue weighted by molar-refractivity contribution is 9.11. The smallest absolute Gasteiger partial charge is 0.258 e. The third-order valence-electron chi connectivity index (χ3n) is 1.78. The van der Waals surface area contributed by atoms with Gasteiger partial charge in [-0.15, -0.1) is 11.3 Å². The highest BCUT2D eigenvalue weighted by Crippen LogP contribution is 2.38. The molecule has 0 spiro atoms. The summed E-state index contributed by atoms with van der Waals surface area (Å²) in [4.78, 5) is 10.2. The van der Waals surface area contributed by atoms with Gasteiger partial charge in [0.15, 0.2) is 0 Å². The molecule has 0 aliphatic heterocycles. The fraction of sp³-hybridized carbons (Fsp3) is 0. The van der Waals surface area contributed by atoms with E-state index in [2.05, 4.69) is 31.9 Å². The summed E-state index contributed by atoms with van der Waals surface area (Å²) in [6.07, 6.45) is 0. The topological polar surface area (TPSA) is 43.1 Å². The van der Waals surface area contributed by atoms with E-state index >= 15 is 0 Å². The number of hydrogen-bond acceptors (Lipinski definition) is 3. The zero-order valence-corrected chi connectivity index (χ0v) is 10.6. The van der Waals surface area contributed by atoms with E-state index in [1.807, 2.05) is 6.07 Å². The van der Waals surface area contributed by atoms with Gasteiger partial charge in [0.1, 0.15) is 4.47 Å². The monoisotopic (exact) mass is 335 g/mol. The first-order valence-corrected chi connectivity index (χ1v) is 6.02. The van der Waals surface area contributed by atoms with Crippen LogP contribution in [0.4, 0.5) is 5.69 Å². The van der Waals surface area contributed by atoms with Crippen molar-refractivity contribution in [2.24, 2.45) is 0 Å². The van der Waals surface area contributed by atoms with Crippen molar-refractivity contribution in [3.05, 3.63) is 36.6 Å². The van der Waals surface area contributed by atoms with Crippen molar-refractivity contribution in [2.45, 2.75) is 0 Å². The van der Waals surface area contributed by atoms with Gasteiger partial charge in [-0.2, -0.15) is 0 Å². The van der Waals surface area contributed by atoms with Crippen LogP contribution in [0.3, 0.4) is 0 Å². The zero-order chi connectivity index (χ0) is 10.3. The van der Waals surface area contributed by atoms with Gasteiger partial charge in [0.25, 0.3) is 5.69 Å². The Hall–Kier alpha value is -0.460. The molecule has 3 nitrogen and oxygen atoms in total. The van der Waals surface area contributed by atoms with Crippen molar-refractivity contribution in [1.29, 1.82) is 0 Å². The standard InChI is InChI=1S/C8H3Br2NO2S/c9-7-3-4-6(14-7)2-1-5(8(4)10)11(12)13/h1-3H. The molecular formula is C8H3Br2NO2S. The molecule has 0 radical (unpaired) electrons. The van der Waals surface area contributed by atoms with Gasteiger partial charge in [0, 0.05) is 16.2 Å². The van der Waals surface area contributed by atoms with Crippen molar-refractivity contribution in [1.82, 2.24) is 0 Å². The fourth-order valence-corrected chi connectivity index (χ4v) is 3.46. The first-order valence-electron chi connectivity index (χ1n) is 3.61. The third kappa shape index (κ3) is 1.57. The molecule has 6 heteroatoms. The number of nitro groups is 1. The first kappa shape index (κ1) is 10.1. The average Bonchev–Trinajstić information content (AvgIpc) is 2.46. The second-order valence-electron chi connectivity index (χ2n) is 2.62. The fourth-order valence-electron chi connectivity index (χ4n) is 1.18. The Labute approximate surface area is 100 Å². The minimum atomic E-state index is -0.394. The van der Waals surface area contributed by atoms with Crippen LogP contribution in [0.25, 0.3) is 10.1 Å². The number of rotatable bonds is 1. The summed E-state index contributed by atoms with van der Waals surface area (Å²) in [6.45, 7) is 0. The van der Waals surface area contributed by atoms with Gasteiger partial charge in [-0.05, 0) is 44.0 Å². The summed E-state index contributed by atoms with van der Waals surface area (Å²) >= 11 is 8.14. The van der Waals surface area contributed by atoms with Crippen molar-refractivity contribution < 1.29 is 4.92 Å². The quantitative estimate of drug-likeness (QED) is 0.574. The molecule has 2 rings (SSSR count). The second-order valence-corrected chi connectivity index (χ2v) is 5.87. The molecular weight excluding hydrogens is 334 g/mol. The van der Waals surface area contributed by atoms with Crippen LogP contribution in [-0.4, -0.2) is 4.92 Å². The molecule has 1 aromatic carbocycles. The molecule has 0 N–H and O–H groups in total. The van der Waals surface area contributed by atoms with Gasteiger partial charge in [-0.1, -0.05) is 0 Å². The summed E-state index contributed by atoms with van der Waals surface area (Å²) in [5.41, 5.74) is 0.0998. The van der Waals surface area contributed by atoms with E-state index in [1.165, 1.54) is 6.07 Å². The number of nitrogens with zero attached hydrogens (tertiary/aromatic N) is 1. The zero-order valence-electron chi connectivity index (χ0n) is 6.66. The lowest BCUT2D eigenvalue weighted by atomic mass is 10.2. The maximum atomic E-state index is 10.6. The summed E-state index contributed by atoms with van der Waals surface area (Å²) in [5.74, 6) is 0. The summed E-state index contributed by atoms with van der Waals surface area (Å²) in [5, 5.41) is 11.5. The molecule has 0 saturated heterocycles. The number of fused-ring (bicyclic) bond motifs is 1. The van der Waals surface area contributed by atoms with Crippen molar-refractivity contribution in [2.75, 3.05) is 0 Å². The lowest BCUT2D eigenvalue weighted by molar-refractivity contribution is -0.385. The molecule has 72 valence electrons. The number of benzene rings is 1. The summed E-state index contributed by atoms with van der Waals surface area (Å²) in [6, 6.07) is 5.14. The van der Waals surface area contributed by atoms with Crippen LogP contribution in [0.2, 0.25) is 0 Å². The Kier molecular flexibility index (Phi) is 2.59. The Bertz CT molecular complexity index is 523. The van der Waals surface area contributed by atoms with Crippen LogP contribution in [0, 0.1) is 10.1 Å². The third-order valence-corrected chi connectivity index (χ3v) is 4.22. The lowest BCUT2D eigenvalue weighted by Crippen LogP contribution is -1.88. The lowest BCUT2D eigenvalue weighted by Gasteiger charge is -1.95. The van der Waals surface area contributed by atoms with Gasteiger partial charge in [-0.3, -0.25) is 10.1 Å². The largest absolute Gasteiger partial charge is 0.284 e. The van der Waals surface area contributed by atoms with Crippen LogP contribution < -0.4 is 0 Å². The SMILES string of the molecule is O=[N+]([O-])c1ccc2sc(Br)cc2c1Br. The molecule has 0 bridgehead atoms. The maximum absolute atomic E-state index is 10.6. The molecule has 0 unspecified atom stereocenters. The van der Waals surface area contributed by atoms with Crippen LogP contribution in [0.5, 0.6) is 0 Å². The van der Waals surface area contributed by atoms with Crippen molar-refractivity contribution in [3.63, 3.8) is 0 Å². The highest BCUT2D eigenvalue weighted by Gasteiger charge is 2.15. The molecule has 1 heterocycles. The predicted octanol–water partition coefficient (Wildman–Crippen LogP) is 4.33. The Balaban J connectivity index is 2.80. The molecule has 0 aliphatic carbocycles. The number of hydrogen-bond donors (Lipinski definition) is 0. The van der Waals surface area contributed by atoms with E-state index in [9.17, 15) is 10.1 Å². The van der Waals surface area contributed by atoms with E-state index in [0.717, 1.165) is 13.9 Å². The number of thiophene rings is 1. The normalized spacial score (nSPS) is 10.7. The van der Waals surface area contributed by atoms with E-state index in [0.29, 0.717) is 4.47 Å². The van der Waals surface area contributed by atoms with Gasteiger partial charge in [0.05, 0.1) is 8.71 Å².